The van der Waals surface area contributed by atoms with Gasteiger partial charge in [-0.2, -0.15) is 0 Å². The van der Waals surface area contributed by atoms with Crippen molar-refractivity contribution in [2.75, 3.05) is 6.54 Å². The Hall–Kier alpha value is -3.73. The van der Waals surface area contributed by atoms with Gasteiger partial charge < -0.3 is 9.88 Å². The fourth-order valence-corrected chi connectivity index (χ4v) is 3.33. The zero-order chi connectivity index (χ0) is 20.1. The number of Topliss-reactive ketones (excluding diaryl/α,β-unsaturated/α-hetero) is 1. The van der Waals surface area contributed by atoms with Gasteiger partial charge in [-0.05, 0) is 24.3 Å². The minimum Gasteiger partial charge on any atom is -0.352 e. The number of para-hydroxylation sites is 2. The van der Waals surface area contributed by atoms with Crippen LogP contribution in [0.4, 0.5) is 0 Å². The van der Waals surface area contributed by atoms with E-state index >= 15 is 0 Å². The number of amides is 1. The monoisotopic (exact) mass is 383 g/mol. The van der Waals surface area contributed by atoms with E-state index in [0.29, 0.717) is 24.1 Å². The lowest BCUT2D eigenvalue weighted by Crippen LogP contribution is -2.26. The molecule has 0 fully saturated rings. The molecule has 3 aromatic carbocycles. The largest absolute Gasteiger partial charge is 0.352 e. The number of ketones is 1. The van der Waals surface area contributed by atoms with Gasteiger partial charge in [-0.15, -0.1) is 0 Å². The topological polar surface area (TPSA) is 64.0 Å². The number of hydrogen-bond donors (Lipinski definition) is 1. The quantitative estimate of drug-likeness (QED) is 0.493. The molecular weight excluding hydrogens is 362 g/mol. The van der Waals surface area contributed by atoms with Crippen molar-refractivity contribution < 1.29 is 9.59 Å². The van der Waals surface area contributed by atoms with E-state index in [9.17, 15) is 9.59 Å². The molecule has 1 amide bonds. The van der Waals surface area contributed by atoms with Crippen LogP contribution >= 0.6 is 0 Å². The molecule has 1 heterocycles. The Bertz CT molecular complexity index is 1130. The second-order valence-corrected chi connectivity index (χ2v) is 6.76. The highest BCUT2D eigenvalue weighted by molar-refractivity contribution is 5.96. The van der Waals surface area contributed by atoms with Crippen LogP contribution in [-0.4, -0.2) is 27.8 Å². The Morgan fingerprint density at radius 2 is 1.41 bits per heavy atom. The number of carbonyl (C=O) groups is 2. The fraction of sp³-hybridized carbons (Fsp3) is 0.125. The zero-order valence-electron chi connectivity index (χ0n) is 15.9. The summed E-state index contributed by atoms with van der Waals surface area (Å²) < 4.78 is 1.94. The number of aromatic nitrogens is 2. The van der Waals surface area contributed by atoms with Gasteiger partial charge in [0.1, 0.15) is 5.82 Å². The van der Waals surface area contributed by atoms with Crippen molar-refractivity contribution in [2.24, 2.45) is 0 Å². The molecule has 0 saturated carbocycles. The molecule has 4 rings (SSSR count). The van der Waals surface area contributed by atoms with E-state index in [0.717, 1.165) is 16.9 Å². The summed E-state index contributed by atoms with van der Waals surface area (Å²) >= 11 is 0. The predicted molar refractivity (Wildman–Crippen MR) is 113 cm³/mol. The number of hydrogen-bond acceptors (Lipinski definition) is 3. The van der Waals surface area contributed by atoms with Crippen molar-refractivity contribution in [1.82, 2.24) is 14.9 Å². The summed E-state index contributed by atoms with van der Waals surface area (Å²) in [5.41, 5.74) is 3.06. The average Bonchev–Trinajstić information content (AvgIpc) is 3.12. The molecule has 0 aliphatic rings. The van der Waals surface area contributed by atoms with Crippen LogP contribution in [0.25, 0.3) is 11.0 Å². The Balaban J connectivity index is 1.52. The van der Waals surface area contributed by atoms with Crippen LogP contribution in [0, 0.1) is 0 Å². The number of rotatable bonds is 7. The number of benzene rings is 3. The van der Waals surface area contributed by atoms with Gasteiger partial charge in [0, 0.05) is 24.1 Å². The summed E-state index contributed by atoms with van der Waals surface area (Å²) in [5, 5.41) is 2.93. The van der Waals surface area contributed by atoms with Crippen LogP contribution in [0.2, 0.25) is 0 Å². The molecule has 0 aliphatic carbocycles. The standard InChI is InChI=1S/C24H21N3O2/c28-22(18-9-3-1-4-10-18)17-27-21-14-8-7-13-20(21)26-23(27)15-16-25-24(29)19-11-5-2-6-12-19/h1-14H,15-17H2,(H,25,29). The van der Waals surface area contributed by atoms with Gasteiger partial charge in [0.15, 0.2) is 5.78 Å². The van der Waals surface area contributed by atoms with E-state index in [1.807, 2.05) is 77.4 Å². The highest BCUT2D eigenvalue weighted by Crippen LogP contribution is 2.17. The van der Waals surface area contributed by atoms with Crippen molar-refractivity contribution in [2.45, 2.75) is 13.0 Å². The van der Waals surface area contributed by atoms with Crippen LogP contribution < -0.4 is 5.32 Å². The van der Waals surface area contributed by atoms with Crippen molar-refractivity contribution in [3.8, 4) is 0 Å². The molecular formula is C24H21N3O2. The maximum atomic E-state index is 12.8. The maximum absolute atomic E-state index is 12.8. The van der Waals surface area contributed by atoms with Crippen LogP contribution in [-0.2, 0) is 13.0 Å². The molecule has 29 heavy (non-hydrogen) atoms. The van der Waals surface area contributed by atoms with E-state index in [4.69, 9.17) is 0 Å². The first-order chi connectivity index (χ1) is 14.2. The minimum absolute atomic E-state index is 0.0309. The van der Waals surface area contributed by atoms with Crippen LogP contribution in [0.3, 0.4) is 0 Å². The number of carbonyl (C=O) groups excluding carboxylic acids is 2. The first-order valence-corrected chi connectivity index (χ1v) is 9.58. The van der Waals surface area contributed by atoms with E-state index in [2.05, 4.69) is 10.3 Å². The Kier molecular flexibility index (Phi) is 5.47. The molecule has 0 atom stereocenters. The molecule has 0 bridgehead atoms. The molecule has 4 aromatic rings. The lowest BCUT2D eigenvalue weighted by Gasteiger charge is -2.10. The number of imidazole rings is 1. The molecule has 5 heteroatoms. The first-order valence-electron chi connectivity index (χ1n) is 9.58. The Morgan fingerprint density at radius 3 is 2.14 bits per heavy atom. The number of nitrogens with zero attached hydrogens (tertiary/aromatic N) is 2. The molecule has 0 aliphatic heterocycles. The predicted octanol–water partition coefficient (Wildman–Crippen LogP) is 3.89. The average molecular weight is 383 g/mol. The second-order valence-electron chi connectivity index (χ2n) is 6.76. The molecule has 1 aromatic heterocycles. The van der Waals surface area contributed by atoms with E-state index < -0.39 is 0 Å². The first kappa shape index (κ1) is 18.6. The molecule has 1 N–H and O–H groups in total. The van der Waals surface area contributed by atoms with Gasteiger partial charge >= 0.3 is 0 Å². The molecule has 5 nitrogen and oxygen atoms in total. The van der Waals surface area contributed by atoms with Gasteiger partial charge in [-0.3, -0.25) is 9.59 Å². The van der Waals surface area contributed by atoms with Gasteiger partial charge in [-0.1, -0.05) is 60.7 Å². The summed E-state index contributed by atoms with van der Waals surface area (Å²) in [7, 11) is 0. The van der Waals surface area contributed by atoms with Crippen molar-refractivity contribution in [3.05, 3.63) is 102 Å². The van der Waals surface area contributed by atoms with E-state index in [1.165, 1.54) is 0 Å². The van der Waals surface area contributed by atoms with Crippen LogP contribution in [0.1, 0.15) is 26.5 Å². The molecule has 0 spiro atoms. The lowest BCUT2D eigenvalue weighted by atomic mass is 10.1. The maximum Gasteiger partial charge on any atom is 0.251 e. The van der Waals surface area contributed by atoms with Crippen molar-refractivity contribution in [1.29, 1.82) is 0 Å². The van der Waals surface area contributed by atoms with Crippen LogP contribution in [0.5, 0.6) is 0 Å². The van der Waals surface area contributed by atoms with Gasteiger partial charge in [0.2, 0.25) is 0 Å². The molecule has 0 unspecified atom stereocenters. The fourth-order valence-electron chi connectivity index (χ4n) is 3.33. The zero-order valence-corrected chi connectivity index (χ0v) is 15.9. The Labute approximate surface area is 169 Å². The third-order valence-corrected chi connectivity index (χ3v) is 4.80. The van der Waals surface area contributed by atoms with Crippen molar-refractivity contribution >= 4 is 22.7 Å². The Morgan fingerprint density at radius 1 is 0.793 bits per heavy atom. The highest BCUT2D eigenvalue weighted by Gasteiger charge is 2.15. The third kappa shape index (κ3) is 4.24. The number of fused-ring (bicyclic) bond motifs is 1. The number of nitrogens with one attached hydrogen (secondary N) is 1. The third-order valence-electron chi connectivity index (χ3n) is 4.80. The van der Waals surface area contributed by atoms with E-state index in [-0.39, 0.29) is 18.2 Å². The van der Waals surface area contributed by atoms with Gasteiger partial charge in [0.05, 0.1) is 17.6 Å². The van der Waals surface area contributed by atoms with Gasteiger partial charge in [-0.25, -0.2) is 4.98 Å². The summed E-state index contributed by atoms with van der Waals surface area (Å²) in [6.45, 7) is 0.656. The summed E-state index contributed by atoms with van der Waals surface area (Å²) in [6.07, 6.45) is 0.537. The summed E-state index contributed by atoms with van der Waals surface area (Å²) in [4.78, 5) is 29.7. The summed E-state index contributed by atoms with van der Waals surface area (Å²) in [6, 6.07) is 26.1. The molecule has 0 radical (unpaired) electrons. The van der Waals surface area contributed by atoms with Crippen LogP contribution in [0.15, 0.2) is 84.9 Å². The lowest BCUT2D eigenvalue weighted by molar-refractivity contribution is 0.0948. The molecule has 144 valence electrons. The molecule has 0 saturated heterocycles. The smallest absolute Gasteiger partial charge is 0.251 e. The SMILES string of the molecule is O=C(Cn1c(CCNC(=O)c2ccccc2)nc2ccccc21)c1ccccc1. The highest BCUT2D eigenvalue weighted by atomic mass is 16.1. The van der Waals surface area contributed by atoms with E-state index in [1.54, 1.807) is 12.1 Å². The summed E-state index contributed by atoms with van der Waals surface area (Å²) in [5.74, 6) is 0.695. The van der Waals surface area contributed by atoms with Gasteiger partial charge in [0.25, 0.3) is 5.91 Å². The van der Waals surface area contributed by atoms with Crippen molar-refractivity contribution in [3.63, 3.8) is 0 Å². The second kappa shape index (κ2) is 8.52. The normalized spacial score (nSPS) is 10.8. The minimum atomic E-state index is -0.117.